The summed E-state index contributed by atoms with van der Waals surface area (Å²) in [5, 5.41) is 2.41. The van der Waals surface area contributed by atoms with Gasteiger partial charge < -0.3 is 15.0 Å². The van der Waals surface area contributed by atoms with Crippen molar-refractivity contribution in [3.63, 3.8) is 0 Å². The molecule has 1 saturated heterocycles. The Bertz CT molecular complexity index is 463. The first-order valence-corrected chi connectivity index (χ1v) is 7.28. The number of ether oxygens (including phenoxy) is 1. The fraction of sp³-hybridized carbons (Fsp3) is 0.667. The number of nitrogens with one attached hydrogen (secondary N) is 1. The van der Waals surface area contributed by atoms with Gasteiger partial charge in [0.2, 0.25) is 5.91 Å². The van der Waals surface area contributed by atoms with E-state index in [0.29, 0.717) is 6.54 Å². The summed E-state index contributed by atoms with van der Waals surface area (Å²) in [6, 6.07) is 0.272. The number of amides is 2. The molecule has 0 bridgehead atoms. The molecule has 1 saturated carbocycles. The molecule has 1 atom stereocenters. The van der Waals surface area contributed by atoms with E-state index in [2.05, 4.69) is 11.2 Å². The Morgan fingerprint density at radius 2 is 2.10 bits per heavy atom. The zero-order chi connectivity index (χ0) is 15.2. The Kier molecular flexibility index (Phi) is 5.20. The topological polar surface area (TPSA) is 75.7 Å². The number of carbonyl (C=O) groups excluding carboxylic acids is 3. The minimum Gasteiger partial charge on any atom is -0.455 e. The molecule has 114 valence electrons. The lowest BCUT2D eigenvalue weighted by Gasteiger charge is -2.23. The van der Waals surface area contributed by atoms with Crippen molar-refractivity contribution >= 4 is 17.8 Å². The molecule has 1 N–H and O–H groups in total. The molecule has 0 radical (unpaired) electrons. The van der Waals surface area contributed by atoms with E-state index in [1.54, 1.807) is 4.90 Å². The first-order valence-electron chi connectivity index (χ1n) is 7.28. The van der Waals surface area contributed by atoms with Gasteiger partial charge in [0.25, 0.3) is 5.91 Å². The largest absolute Gasteiger partial charge is 0.455 e. The number of rotatable bonds is 5. The fourth-order valence-electron chi connectivity index (χ4n) is 2.91. The molecule has 2 rings (SSSR count). The molecule has 2 aliphatic rings. The van der Waals surface area contributed by atoms with Crippen molar-refractivity contribution in [1.82, 2.24) is 10.2 Å². The molecule has 6 nitrogen and oxygen atoms in total. The van der Waals surface area contributed by atoms with Gasteiger partial charge in [0.1, 0.15) is 0 Å². The monoisotopic (exact) mass is 292 g/mol. The number of likely N-dealkylation sites (tertiary alicyclic amines) is 1. The summed E-state index contributed by atoms with van der Waals surface area (Å²) >= 11 is 0. The third-order valence-electron chi connectivity index (χ3n) is 3.99. The highest BCUT2D eigenvalue weighted by atomic mass is 16.5. The third-order valence-corrected chi connectivity index (χ3v) is 3.99. The van der Waals surface area contributed by atoms with Crippen LogP contribution in [-0.2, 0) is 19.1 Å². The molecule has 2 amide bonds. The van der Waals surface area contributed by atoms with Gasteiger partial charge in [-0.3, -0.25) is 14.4 Å². The Morgan fingerprint density at radius 3 is 2.76 bits per heavy atom. The number of nitrogens with zero attached hydrogens (tertiary/aromatic N) is 1. The molecular formula is C15H20N2O4. The van der Waals surface area contributed by atoms with E-state index >= 15 is 0 Å². The standard InChI is InChI=1S/C15H20N2O4/c1-2-7-16-13(18)10-21-15(20)11-8-14(19)17(9-11)12-5-3-4-6-12/h1,11-12H,3-10H2,(H,16,18)/t11-/m1/s1. The molecule has 0 aromatic rings. The fourth-order valence-corrected chi connectivity index (χ4v) is 2.91. The molecule has 2 fully saturated rings. The van der Waals surface area contributed by atoms with Gasteiger partial charge in [0, 0.05) is 19.0 Å². The van der Waals surface area contributed by atoms with Crippen LogP contribution in [0.5, 0.6) is 0 Å². The van der Waals surface area contributed by atoms with Crippen LogP contribution in [0.15, 0.2) is 0 Å². The lowest BCUT2D eigenvalue weighted by molar-refractivity contribution is -0.152. The molecule has 1 aliphatic heterocycles. The van der Waals surface area contributed by atoms with E-state index in [0.717, 1.165) is 25.7 Å². The van der Waals surface area contributed by atoms with Gasteiger partial charge in [-0.05, 0) is 12.8 Å². The van der Waals surface area contributed by atoms with Crippen molar-refractivity contribution in [1.29, 1.82) is 0 Å². The predicted molar refractivity (Wildman–Crippen MR) is 74.9 cm³/mol. The van der Waals surface area contributed by atoms with E-state index in [4.69, 9.17) is 11.2 Å². The molecule has 0 aromatic heterocycles. The minimum atomic E-state index is -0.486. The summed E-state index contributed by atoms with van der Waals surface area (Å²) in [6.07, 6.45) is 9.50. The van der Waals surface area contributed by atoms with Gasteiger partial charge in [-0.25, -0.2) is 0 Å². The molecule has 6 heteroatoms. The smallest absolute Gasteiger partial charge is 0.311 e. The maximum atomic E-state index is 12.0. The van der Waals surface area contributed by atoms with Crippen LogP contribution in [0.3, 0.4) is 0 Å². The van der Waals surface area contributed by atoms with Gasteiger partial charge in [-0.2, -0.15) is 0 Å². The summed E-state index contributed by atoms with van der Waals surface area (Å²) in [4.78, 5) is 37.0. The maximum absolute atomic E-state index is 12.0. The summed E-state index contributed by atoms with van der Waals surface area (Å²) in [5.74, 6) is 0.897. The van der Waals surface area contributed by atoms with E-state index in [1.807, 2.05) is 0 Å². The number of hydrogen-bond donors (Lipinski definition) is 1. The Balaban J connectivity index is 1.77. The summed E-state index contributed by atoms with van der Waals surface area (Å²) in [7, 11) is 0. The third kappa shape index (κ3) is 3.97. The van der Waals surface area contributed by atoms with Gasteiger partial charge >= 0.3 is 5.97 Å². The maximum Gasteiger partial charge on any atom is 0.311 e. The molecule has 0 aromatic carbocycles. The SMILES string of the molecule is C#CCNC(=O)COC(=O)[C@@H]1CC(=O)N(C2CCCC2)C1. The molecule has 21 heavy (non-hydrogen) atoms. The van der Waals surface area contributed by atoms with Crippen LogP contribution >= 0.6 is 0 Å². The second-order valence-electron chi connectivity index (χ2n) is 5.47. The molecule has 0 unspecified atom stereocenters. The normalized spacial score (nSPS) is 22.1. The van der Waals surface area contributed by atoms with Crippen molar-refractivity contribution in [2.75, 3.05) is 19.7 Å². The molecule has 1 heterocycles. The van der Waals surface area contributed by atoms with Crippen LogP contribution < -0.4 is 5.32 Å². The molecule has 0 spiro atoms. The van der Waals surface area contributed by atoms with E-state index in [9.17, 15) is 14.4 Å². The average Bonchev–Trinajstić information content (AvgIpc) is 3.11. The van der Waals surface area contributed by atoms with Crippen LogP contribution in [0.4, 0.5) is 0 Å². The lowest BCUT2D eigenvalue weighted by atomic mass is 10.1. The van der Waals surface area contributed by atoms with Crippen LogP contribution in [0, 0.1) is 18.3 Å². The van der Waals surface area contributed by atoms with E-state index in [-0.39, 0.29) is 31.5 Å². The average molecular weight is 292 g/mol. The molecular weight excluding hydrogens is 272 g/mol. The minimum absolute atomic E-state index is 0.0145. The first-order chi connectivity index (χ1) is 10.1. The summed E-state index contributed by atoms with van der Waals surface area (Å²) < 4.78 is 4.95. The lowest BCUT2D eigenvalue weighted by Crippen LogP contribution is -2.35. The highest BCUT2D eigenvalue weighted by molar-refractivity contribution is 5.88. The Labute approximate surface area is 124 Å². The summed E-state index contributed by atoms with van der Waals surface area (Å²) in [6.45, 7) is 0.163. The van der Waals surface area contributed by atoms with Crippen molar-refractivity contribution in [3.8, 4) is 12.3 Å². The van der Waals surface area contributed by atoms with Crippen molar-refractivity contribution in [3.05, 3.63) is 0 Å². The van der Waals surface area contributed by atoms with Crippen LogP contribution in [0.2, 0.25) is 0 Å². The first kappa shape index (κ1) is 15.4. The summed E-state index contributed by atoms with van der Waals surface area (Å²) in [5.41, 5.74) is 0. The quantitative estimate of drug-likeness (QED) is 0.575. The van der Waals surface area contributed by atoms with Gasteiger partial charge in [0.15, 0.2) is 6.61 Å². The Morgan fingerprint density at radius 1 is 1.38 bits per heavy atom. The highest BCUT2D eigenvalue weighted by Gasteiger charge is 2.39. The second kappa shape index (κ2) is 7.11. The number of carbonyl (C=O) groups is 3. The zero-order valence-corrected chi connectivity index (χ0v) is 12.0. The Hall–Kier alpha value is -2.03. The van der Waals surface area contributed by atoms with Gasteiger partial charge in [-0.15, -0.1) is 6.42 Å². The van der Waals surface area contributed by atoms with Crippen molar-refractivity contribution < 1.29 is 19.1 Å². The van der Waals surface area contributed by atoms with Crippen molar-refractivity contribution in [2.24, 2.45) is 5.92 Å². The van der Waals surface area contributed by atoms with Crippen molar-refractivity contribution in [2.45, 2.75) is 38.1 Å². The number of hydrogen-bond acceptors (Lipinski definition) is 4. The number of terminal acetylenes is 1. The van der Waals surface area contributed by atoms with E-state index < -0.39 is 17.8 Å². The van der Waals surface area contributed by atoms with Gasteiger partial charge in [-0.1, -0.05) is 18.8 Å². The van der Waals surface area contributed by atoms with Gasteiger partial charge in [0.05, 0.1) is 12.5 Å². The predicted octanol–water partition coefficient (Wildman–Crippen LogP) is 0.0701. The number of esters is 1. The van der Waals surface area contributed by atoms with Crippen LogP contribution in [0.25, 0.3) is 0 Å². The second-order valence-corrected chi connectivity index (χ2v) is 5.47. The van der Waals surface area contributed by atoms with E-state index in [1.165, 1.54) is 0 Å². The zero-order valence-electron chi connectivity index (χ0n) is 12.0. The van der Waals surface area contributed by atoms with Crippen LogP contribution in [-0.4, -0.2) is 48.4 Å². The molecule has 1 aliphatic carbocycles. The van der Waals surface area contributed by atoms with Crippen LogP contribution in [0.1, 0.15) is 32.1 Å². The highest BCUT2D eigenvalue weighted by Crippen LogP contribution is 2.29.